The van der Waals surface area contributed by atoms with Gasteiger partial charge in [-0.2, -0.15) is 0 Å². The van der Waals surface area contributed by atoms with Crippen LogP contribution in [0.15, 0.2) is 18.2 Å². The molecule has 0 amide bonds. The summed E-state index contributed by atoms with van der Waals surface area (Å²) in [5.41, 5.74) is 6.48. The highest BCUT2D eigenvalue weighted by atomic mass is 35.5. The molecule has 0 aromatic heterocycles. The average Bonchev–Trinajstić information content (AvgIpc) is 2.46. The monoisotopic (exact) mass is 306 g/mol. The Labute approximate surface area is 130 Å². The van der Waals surface area contributed by atoms with Gasteiger partial charge in [-0.15, -0.1) is 0 Å². The van der Waals surface area contributed by atoms with E-state index in [1.807, 2.05) is 27.7 Å². The topological polar surface area (TPSA) is 20.2 Å². The molecule has 2 aromatic rings. The largest absolute Gasteiger partial charge is 0.384 e. The van der Waals surface area contributed by atoms with Crippen LogP contribution < -0.4 is 0 Å². The molecule has 3 heteroatoms. The van der Waals surface area contributed by atoms with Gasteiger partial charge in [-0.25, -0.2) is 4.39 Å². The van der Waals surface area contributed by atoms with Gasteiger partial charge >= 0.3 is 0 Å². The van der Waals surface area contributed by atoms with Crippen molar-refractivity contribution < 1.29 is 9.50 Å². The van der Waals surface area contributed by atoms with E-state index in [4.69, 9.17) is 11.6 Å². The number of aliphatic hydroxyl groups is 1. The van der Waals surface area contributed by atoms with Gasteiger partial charge in [0.2, 0.25) is 0 Å². The van der Waals surface area contributed by atoms with Crippen LogP contribution in [-0.2, 0) is 0 Å². The lowest BCUT2D eigenvalue weighted by Gasteiger charge is -2.23. The van der Waals surface area contributed by atoms with Gasteiger partial charge in [0, 0.05) is 5.56 Å². The Morgan fingerprint density at radius 2 is 1.38 bits per heavy atom. The lowest BCUT2D eigenvalue weighted by molar-refractivity contribution is 0.213. The van der Waals surface area contributed by atoms with Gasteiger partial charge < -0.3 is 5.11 Å². The van der Waals surface area contributed by atoms with Gasteiger partial charge in [-0.1, -0.05) is 23.7 Å². The number of rotatable bonds is 2. The third-order valence-electron chi connectivity index (χ3n) is 4.61. The van der Waals surface area contributed by atoms with Gasteiger partial charge in [0.15, 0.2) is 0 Å². The SMILES string of the molecule is Cc1c(C)c(C)c(C(O)c2cccc(Cl)c2F)c(C)c1C. The molecule has 0 heterocycles. The van der Waals surface area contributed by atoms with Crippen molar-refractivity contribution in [2.75, 3.05) is 0 Å². The zero-order valence-corrected chi connectivity index (χ0v) is 13.8. The van der Waals surface area contributed by atoms with Crippen LogP contribution in [0.1, 0.15) is 45.0 Å². The first-order valence-electron chi connectivity index (χ1n) is 6.96. The Hall–Kier alpha value is -1.38. The van der Waals surface area contributed by atoms with E-state index in [1.54, 1.807) is 12.1 Å². The molecule has 1 N–H and O–H groups in total. The summed E-state index contributed by atoms with van der Waals surface area (Å²) in [4.78, 5) is 0. The minimum atomic E-state index is -1.01. The smallest absolute Gasteiger partial charge is 0.147 e. The normalized spacial score (nSPS) is 12.6. The van der Waals surface area contributed by atoms with E-state index >= 15 is 0 Å². The maximum absolute atomic E-state index is 14.2. The fraction of sp³-hybridized carbons (Fsp3) is 0.333. The van der Waals surface area contributed by atoms with Crippen molar-refractivity contribution in [3.05, 3.63) is 68.0 Å². The van der Waals surface area contributed by atoms with E-state index in [-0.39, 0.29) is 10.6 Å². The maximum atomic E-state index is 14.2. The Balaban J connectivity index is 2.70. The molecule has 21 heavy (non-hydrogen) atoms. The molecule has 1 atom stereocenters. The Bertz CT molecular complexity index is 678. The van der Waals surface area contributed by atoms with Gasteiger partial charge in [-0.05, 0) is 74.1 Å². The fourth-order valence-corrected chi connectivity index (χ4v) is 3.01. The number of halogens is 2. The number of aliphatic hydroxyl groups excluding tert-OH is 1. The van der Waals surface area contributed by atoms with Crippen molar-refractivity contribution in [2.45, 2.75) is 40.7 Å². The molecule has 0 spiro atoms. The molecule has 1 unspecified atom stereocenters. The van der Waals surface area contributed by atoms with Gasteiger partial charge in [0.25, 0.3) is 0 Å². The van der Waals surface area contributed by atoms with E-state index in [2.05, 4.69) is 6.92 Å². The van der Waals surface area contributed by atoms with E-state index < -0.39 is 11.9 Å². The van der Waals surface area contributed by atoms with Crippen molar-refractivity contribution in [3.8, 4) is 0 Å². The van der Waals surface area contributed by atoms with E-state index in [9.17, 15) is 9.50 Å². The second kappa shape index (κ2) is 5.78. The van der Waals surface area contributed by atoms with Crippen molar-refractivity contribution in [1.82, 2.24) is 0 Å². The quantitative estimate of drug-likeness (QED) is 0.818. The zero-order valence-electron chi connectivity index (χ0n) is 13.0. The molecule has 0 aliphatic carbocycles. The third kappa shape index (κ3) is 2.58. The van der Waals surface area contributed by atoms with Crippen LogP contribution in [0.4, 0.5) is 4.39 Å². The van der Waals surface area contributed by atoms with Crippen molar-refractivity contribution in [1.29, 1.82) is 0 Å². The van der Waals surface area contributed by atoms with Crippen LogP contribution in [0.25, 0.3) is 0 Å². The molecule has 0 aliphatic rings. The van der Waals surface area contributed by atoms with Crippen LogP contribution in [0, 0.1) is 40.4 Å². The van der Waals surface area contributed by atoms with Crippen LogP contribution in [0.3, 0.4) is 0 Å². The molecule has 0 aliphatic heterocycles. The second-order valence-corrected chi connectivity index (χ2v) is 5.99. The first-order chi connectivity index (χ1) is 9.77. The minimum Gasteiger partial charge on any atom is -0.384 e. The summed E-state index contributed by atoms with van der Waals surface area (Å²) in [6.07, 6.45) is -1.01. The van der Waals surface area contributed by atoms with Gasteiger partial charge in [0.1, 0.15) is 11.9 Å². The number of hydrogen-bond acceptors (Lipinski definition) is 1. The van der Waals surface area contributed by atoms with Gasteiger partial charge in [0.05, 0.1) is 5.02 Å². The first-order valence-corrected chi connectivity index (χ1v) is 7.34. The summed E-state index contributed by atoms with van der Waals surface area (Å²) in [5.74, 6) is -0.554. The minimum absolute atomic E-state index is 0.0300. The predicted octanol–water partition coefficient (Wildman–Crippen LogP) is 5.10. The summed E-state index contributed by atoms with van der Waals surface area (Å²) >= 11 is 5.83. The molecular weight excluding hydrogens is 287 g/mol. The summed E-state index contributed by atoms with van der Waals surface area (Å²) < 4.78 is 14.2. The van der Waals surface area contributed by atoms with Gasteiger partial charge in [-0.3, -0.25) is 0 Å². The molecular formula is C18H20ClFO. The summed E-state index contributed by atoms with van der Waals surface area (Å²) in [6, 6.07) is 4.72. The highest BCUT2D eigenvalue weighted by Gasteiger charge is 2.23. The lowest BCUT2D eigenvalue weighted by atomic mass is 9.85. The average molecular weight is 307 g/mol. The summed E-state index contributed by atoms with van der Waals surface area (Å²) in [5, 5.41) is 10.7. The van der Waals surface area contributed by atoms with Crippen LogP contribution in [0.2, 0.25) is 5.02 Å². The Morgan fingerprint density at radius 1 is 0.905 bits per heavy atom. The molecule has 1 nitrogen and oxygen atoms in total. The molecule has 0 radical (unpaired) electrons. The Morgan fingerprint density at radius 3 is 1.90 bits per heavy atom. The Kier molecular flexibility index (Phi) is 4.40. The molecule has 0 saturated heterocycles. The predicted molar refractivity (Wildman–Crippen MR) is 85.6 cm³/mol. The van der Waals surface area contributed by atoms with Crippen molar-refractivity contribution in [3.63, 3.8) is 0 Å². The van der Waals surface area contributed by atoms with E-state index in [1.165, 1.54) is 11.6 Å². The molecule has 0 bridgehead atoms. The number of benzene rings is 2. The molecule has 2 rings (SSSR count). The maximum Gasteiger partial charge on any atom is 0.147 e. The highest BCUT2D eigenvalue weighted by molar-refractivity contribution is 6.30. The first kappa shape index (κ1) is 16.0. The second-order valence-electron chi connectivity index (χ2n) is 5.58. The van der Waals surface area contributed by atoms with Crippen LogP contribution in [0.5, 0.6) is 0 Å². The van der Waals surface area contributed by atoms with E-state index in [0.717, 1.165) is 27.8 Å². The molecule has 0 saturated carbocycles. The summed E-state index contributed by atoms with van der Waals surface area (Å²) in [7, 11) is 0. The van der Waals surface area contributed by atoms with Crippen molar-refractivity contribution in [2.24, 2.45) is 0 Å². The molecule has 112 valence electrons. The summed E-state index contributed by atoms with van der Waals surface area (Å²) in [6.45, 7) is 10.1. The highest BCUT2D eigenvalue weighted by Crippen LogP contribution is 2.35. The standard InChI is InChI=1S/C18H20ClFO/c1-9-10(2)12(4)16(13(5)11(9)3)18(21)14-7-6-8-15(19)17(14)20/h6-8,18,21H,1-5H3. The van der Waals surface area contributed by atoms with Crippen LogP contribution in [-0.4, -0.2) is 5.11 Å². The lowest BCUT2D eigenvalue weighted by Crippen LogP contribution is -2.10. The number of hydrogen-bond donors (Lipinski definition) is 1. The molecule has 0 fully saturated rings. The fourth-order valence-electron chi connectivity index (χ4n) is 2.83. The van der Waals surface area contributed by atoms with E-state index in [0.29, 0.717) is 0 Å². The molecule has 2 aromatic carbocycles. The zero-order chi connectivity index (χ0) is 15.9. The van der Waals surface area contributed by atoms with Crippen LogP contribution >= 0.6 is 11.6 Å². The third-order valence-corrected chi connectivity index (χ3v) is 4.90. The van der Waals surface area contributed by atoms with Crippen molar-refractivity contribution >= 4 is 11.6 Å².